The number of hydrogen-bond acceptors (Lipinski definition) is 5. The van der Waals surface area contributed by atoms with Crippen molar-refractivity contribution in [2.24, 2.45) is 0 Å². The summed E-state index contributed by atoms with van der Waals surface area (Å²) in [4.78, 5) is 7.92. The van der Waals surface area contributed by atoms with Crippen LogP contribution in [0.15, 0.2) is 60.1 Å². The van der Waals surface area contributed by atoms with Gasteiger partial charge >= 0.3 is 0 Å². The Morgan fingerprint density at radius 3 is 2.71 bits per heavy atom. The Kier molecular flexibility index (Phi) is 4.36. The largest absolute Gasteiger partial charge is 0.261 e. The van der Waals surface area contributed by atoms with E-state index in [1.807, 2.05) is 0 Å². The summed E-state index contributed by atoms with van der Waals surface area (Å²) in [6, 6.07) is 6.00. The van der Waals surface area contributed by atoms with E-state index in [4.69, 9.17) is 0 Å². The molecule has 0 spiro atoms. The minimum absolute atomic E-state index is 0.0304. The van der Waals surface area contributed by atoms with Crippen LogP contribution in [0.1, 0.15) is 5.69 Å². The summed E-state index contributed by atoms with van der Waals surface area (Å²) in [7, 11) is -2.34. The molecule has 0 N–H and O–H groups in total. The standard InChI is InChI=1S/C15H14FN5O2S/c1-20(10-12-8-17-6-7-18-12)24(22,23)13-9-19-21(11-13)15-5-3-2-4-14(15)16/h2-9,11H,10H2,1H3. The minimum Gasteiger partial charge on any atom is -0.261 e. The molecule has 2 heterocycles. The van der Waals surface area contributed by atoms with Crippen LogP contribution in [-0.4, -0.2) is 39.5 Å². The molecule has 3 aromatic rings. The number of halogens is 1. The molecule has 0 saturated heterocycles. The van der Waals surface area contributed by atoms with E-state index in [2.05, 4.69) is 15.1 Å². The number of nitrogens with zero attached hydrogens (tertiary/aromatic N) is 5. The fraction of sp³-hybridized carbons (Fsp3) is 0.133. The highest BCUT2D eigenvalue weighted by Gasteiger charge is 2.23. The van der Waals surface area contributed by atoms with Crippen molar-refractivity contribution in [2.45, 2.75) is 11.4 Å². The molecule has 9 heteroatoms. The Hall–Kier alpha value is -2.65. The van der Waals surface area contributed by atoms with Crippen molar-refractivity contribution in [3.63, 3.8) is 0 Å². The van der Waals surface area contributed by atoms with E-state index >= 15 is 0 Å². The summed E-state index contributed by atoms with van der Waals surface area (Å²) < 4.78 is 41.3. The van der Waals surface area contributed by atoms with Crippen molar-refractivity contribution >= 4 is 10.0 Å². The second-order valence-corrected chi connectivity index (χ2v) is 7.07. The second kappa shape index (κ2) is 6.46. The molecule has 0 aliphatic rings. The molecule has 2 aromatic heterocycles. The molecule has 24 heavy (non-hydrogen) atoms. The van der Waals surface area contributed by atoms with Crippen molar-refractivity contribution in [3.8, 4) is 5.69 Å². The Balaban J connectivity index is 1.87. The van der Waals surface area contributed by atoms with E-state index in [0.29, 0.717) is 5.69 Å². The van der Waals surface area contributed by atoms with Crippen molar-refractivity contribution in [1.29, 1.82) is 0 Å². The predicted octanol–water partition coefficient (Wildman–Crippen LogP) is 1.62. The highest BCUT2D eigenvalue weighted by molar-refractivity contribution is 7.89. The third-order valence-electron chi connectivity index (χ3n) is 3.37. The van der Waals surface area contributed by atoms with Crippen LogP contribution in [-0.2, 0) is 16.6 Å². The van der Waals surface area contributed by atoms with E-state index in [1.165, 1.54) is 54.8 Å². The van der Waals surface area contributed by atoms with Gasteiger partial charge in [-0.1, -0.05) is 12.1 Å². The van der Waals surface area contributed by atoms with Gasteiger partial charge in [0, 0.05) is 25.6 Å². The number of rotatable bonds is 5. The maximum atomic E-state index is 13.8. The van der Waals surface area contributed by atoms with Crippen LogP contribution >= 0.6 is 0 Å². The molecule has 0 atom stereocenters. The van der Waals surface area contributed by atoms with Crippen LogP contribution in [0.5, 0.6) is 0 Å². The SMILES string of the molecule is CN(Cc1cnccn1)S(=O)(=O)c1cnn(-c2ccccc2F)c1. The summed E-state index contributed by atoms with van der Waals surface area (Å²) in [5, 5.41) is 3.95. The van der Waals surface area contributed by atoms with Crippen LogP contribution in [0.25, 0.3) is 5.69 Å². The van der Waals surface area contributed by atoms with Gasteiger partial charge in [0.1, 0.15) is 16.4 Å². The first kappa shape index (κ1) is 16.2. The number of hydrogen-bond donors (Lipinski definition) is 0. The fourth-order valence-electron chi connectivity index (χ4n) is 2.11. The number of para-hydroxylation sites is 1. The quantitative estimate of drug-likeness (QED) is 0.701. The molecule has 0 fully saturated rings. The lowest BCUT2D eigenvalue weighted by molar-refractivity contribution is 0.461. The Bertz CT molecular complexity index is 943. The predicted molar refractivity (Wildman–Crippen MR) is 84.2 cm³/mol. The molecule has 1 aromatic carbocycles. The lowest BCUT2D eigenvalue weighted by Crippen LogP contribution is -2.26. The summed E-state index contributed by atoms with van der Waals surface area (Å²) >= 11 is 0. The smallest absolute Gasteiger partial charge is 0.246 e. The number of sulfonamides is 1. The van der Waals surface area contributed by atoms with Crippen molar-refractivity contribution in [1.82, 2.24) is 24.1 Å². The van der Waals surface area contributed by atoms with Gasteiger partial charge in [-0.05, 0) is 12.1 Å². The zero-order valence-corrected chi connectivity index (χ0v) is 13.6. The lowest BCUT2D eigenvalue weighted by Gasteiger charge is -2.15. The van der Waals surface area contributed by atoms with E-state index in [1.54, 1.807) is 12.1 Å². The van der Waals surface area contributed by atoms with Gasteiger partial charge in [0.25, 0.3) is 0 Å². The lowest BCUT2D eigenvalue weighted by atomic mass is 10.3. The molecule has 3 rings (SSSR count). The summed E-state index contributed by atoms with van der Waals surface area (Å²) in [6.07, 6.45) is 6.97. The minimum atomic E-state index is -3.78. The first-order valence-electron chi connectivity index (χ1n) is 6.99. The van der Waals surface area contributed by atoms with Gasteiger partial charge in [0.05, 0.1) is 24.6 Å². The Morgan fingerprint density at radius 1 is 1.21 bits per heavy atom. The van der Waals surface area contributed by atoms with Crippen molar-refractivity contribution in [3.05, 3.63) is 66.8 Å². The third-order valence-corrected chi connectivity index (χ3v) is 5.12. The molecule has 0 radical (unpaired) electrons. The molecule has 0 saturated carbocycles. The van der Waals surface area contributed by atoms with Crippen LogP contribution in [0.4, 0.5) is 4.39 Å². The molecule has 0 aliphatic carbocycles. The van der Waals surface area contributed by atoms with Gasteiger partial charge < -0.3 is 0 Å². The molecular formula is C15H14FN5O2S. The van der Waals surface area contributed by atoms with Crippen molar-refractivity contribution in [2.75, 3.05) is 7.05 Å². The molecule has 0 bridgehead atoms. The maximum absolute atomic E-state index is 13.8. The molecular weight excluding hydrogens is 333 g/mol. The van der Waals surface area contributed by atoms with E-state index in [-0.39, 0.29) is 17.1 Å². The molecule has 7 nitrogen and oxygen atoms in total. The Labute approximate surface area is 138 Å². The molecule has 0 amide bonds. The average Bonchev–Trinajstić information content (AvgIpc) is 3.06. The number of aromatic nitrogens is 4. The van der Waals surface area contributed by atoms with Crippen LogP contribution < -0.4 is 0 Å². The first-order chi connectivity index (χ1) is 11.5. The van der Waals surface area contributed by atoms with Gasteiger partial charge in [-0.3, -0.25) is 9.97 Å². The van der Waals surface area contributed by atoms with Crippen LogP contribution in [0, 0.1) is 5.82 Å². The van der Waals surface area contributed by atoms with Gasteiger partial charge in [0.2, 0.25) is 10.0 Å². The highest BCUT2D eigenvalue weighted by Crippen LogP contribution is 2.18. The second-order valence-electron chi connectivity index (χ2n) is 5.03. The molecule has 0 aliphatic heterocycles. The van der Waals surface area contributed by atoms with Crippen LogP contribution in [0.2, 0.25) is 0 Å². The monoisotopic (exact) mass is 347 g/mol. The van der Waals surface area contributed by atoms with E-state index in [0.717, 1.165) is 4.31 Å². The molecule has 124 valence electrons. The van der Waals surface area contributed by atoms with E-state index < -0.39 is 15.8 Å². The third kappa shape index (κ3) is 3.17. The average molecular weight is 347 g/mol. The molecule has 0 unspecified atom stereocenters. The van der Waals surface area contributed by atoms with Gasteiger partial charge in [-0.25, -0.2) is 17.5 Å². The van der Waals surface area contributed by atoms with E-state index in [9.17, 15) is 12.8 Å². The summed E-state index contributed by atoms with van der Waals surface area (Å²) in [5.41, 5.74) is 0.695. The zero-order valence-electron chi connectivity index (χ0n) is 12.7. The van der Waals surface area contributed by atoms with Crippen LogP contribution in [0.3, 0.4) is 0 Å². The normalized spacial score (nSPS) is 11.8. The van der Waals surface area contributed by atoms with Gasteiger partial charge in [-0.2, -0.15) is 9.40 Å². The zero-order chi connectivity index (χ0) is 17.2. The Morgan fingerprint density at radius 2 is 2.00 bits per heavy atom. The number of benzene rings is 1. The van der Waals surface area contributed by atoms with Gasteiger partial charge in [-0.15, -0.1) is 0 Å². The summed E-state index contributed by atoms with van der Waals surface area (Å²) in [5.74, 6) is -0.488. The summed E-state index contributed by atoms with van der Waals surface area (Å²) in [6.45, 7) is 0.0705. The topological polar surface area (TPSA) is 81.0 Å². The highest BCUT2D eigenvalue weighted by atomic mass is 32.2. The maximum Gasteiger partial charge on any atom is 0.246 e. The fourth-order valence-corrected chi connectivity index (χ4v) is 3.19. The van der Waals surface area contributed by atoms with Gasteiger partial charge in [0.15, 0.2) is 0 Å². The first-order valence-corrected chi connectivity index (χ1v) is 8.43. The van der Waals surface area contributed by atoms with Crippen molar-refractivity contribution < 1.29 is 12.8 Å².